The van der Waals surface area contributed by atoms with Crippen molar-refractivity contribution in [1.82, 2.24) is 15.3 Å². The number of ketones is 1. The van der Waals surface area contributed by atoms with Crippen LogP contribution in [0.25, 0.3) is 0 Å². The van der Waals surface area contributed by atoms with E-state index in [-0.39, 0.29) is 36.0 Å². The van der Waals surface area contributed by atoms with Crippen molar-refractivity contribution in [3.63, 3.8) is 0 Å². The molecular formula is C21H23F2N3O3. The number of carbonyl (C=O) groups is 2. The lowest BCUT2D eigenvalue weighted by molar-refractivity contribution is -0.122. The quantitative estimate of drug-likeness (QED) is 0.695. The number of halogens is 2. The number of hydrogen-bond donors (Lipinski definition) is 1. The SMILES string of the molecule is Cc1cc(CNC(=O)c2ccnc(CC(=O)C3(C)CC3)c2)cnc1OCC(F)F. The molecule has 0 unspecified atom stereocenters. The number of ether oxygens (including phenoxy) is 1. The fourth-order valence-corrected chi connectivity index (χ4v) is 2.85. The van der Waals surface area contributed by atoms with Gasteiger partial charge in [0.2, 0.25) is 5.88 Å². The molecule has 0 aliphatic heterocycles. The van der Waals surface area contributed by atoms with E-state index in [1.807, 2.05) is 6.92 Å². The van der Waals surface area contributed by atoms with Gasteiger partial charge in [0.25, 0.3) is 12.3 Å². The standard InChI is InChI=1S/C21H23F2N3O3/c1-13-7-14(11-26-20(13)29-12-18(22)23)10-25-19(28)15-3-6-24-16(8-15)9-17(27)21(2)4-5-21/h3,6-8,11,18H,4-5,9-10,12H2,1-2H3,(H,25,28). The summed E-state index contributed by atoms with van der Waals surface area (Å²) < 4.78 is 29.4. The number of alkyl halides is 2. The van der Waals surface area contributed by atoms with Gasteiger partial charge in [-0.2, -0.15) is 0 Å². The Kier molecular flexibility index (Phi) is 6.20. The molecule has 29 heavy (non-hydrogen) atoms. The van der Waals surface area contributed by atoms with Crippen LogP contribution in [-0.2, 0) is 17.8 Å². The van der Waals surface area contributed by atoms with Crippen LogP contribution in [0.3, 0.4) is 0 Å². The van der Waals surface area contributed by atoms with Crippen LogP contribution in [0.15, 0.2) is 30.6 Å². The largest absolute Gasteiger partial charge is 0.471 e. The Morgan fingerprint density at radius 3 is 2.69 bits per heavy atom. The van der Waals surface area contributed by atoms with E-state index in [0.717, 1.165) is 12.8 Å². The molecule has 0 atom stereocenters. The Bertz CT molecular complexity index is 914. The summed E-state index contributed by atoms with van der Waals surface area (Å²) in [5, 5.41) is 2.78. The molecule has 3 rings (SSSR count). The zero-order chi connectivity index (χ0) is 21.0. The maximum absolute atomic E-state index is 12.4. The third-order valence-corrected chi connectivity index (χ3v) is 4.98. The highest BCUT2D eigenvalue weighted by Crippen LogP contribution is 2.46. The van der Waals surface area contributed by atoms with Crippen LogP contribution in [0.4, 0.5) is 8.78 Å². The minimum absolute atomic E-state index is 0.146. The summed E-state index contributed by atoms with van der Waals surface area (Å²) in [4.78, 5) is 32.9. The van der Waals surface area contributed by atoms with Crippen LogP contribution in [0, 0.1) is 12.3 Å². The van der Waals surface area contributed by atoms with Crippen LogP contribution in [-0.4, -0.2) is 34.7 Å². The fourth-order valence-electron chi connectivity index (χ4n) is 2.85. The van der Waals surface area contributed by atoms with Crippen LogP contribution < -0.4 is 10.1 Å². The van der Waals surface area contributed by atoms with Crippen LogP contribution in [0.5, 0.6) is 5.88 Å². The normalized spacial score (nSPS) is 14.5. The van der Waals surface area contributed by atoms with E-state index >= 15 is 0 Å². The maximum Gasteiger partial charge on any atom is 0.272 e. The molecule has 1 aliphatic rings. The highest BCUT2D eigenvalue weighted by molar-refractivity contribution is 5.94. The van der Waals surface area contributed by atoms with Gasteiger partial charge in [-0.05, 0) is 43.5 Å². The first-order chi connectivity index (χ1) is 13.8. The second-order valence-electron chi connectivity index (χ2n) is 7.55. The molecule has 154 valence electrons. The summed E-state index contributed by atoms with van der Waals surface area (Å²) in [6.45, 7) is 3.16. The Labute approximate surface area is 167 Å². The van der Waals surface area contributed by atoms with E-state index in [2.05, 4.69) is 15.3 Å². The predicted molar refractivity (Wildman–Crippen MR) is 102 cm³/mol. The van der Waals surface area contributed by atoms with Gasteiger partial charge in [0.15, 0.2) is 6.61 Å². The lowest BCUT2D eigenvalue weighted by Crippen LogP contribution is -2.23. The monoisotopic (exact) mass is 403 g/mol. The minimum atomic E-state index is -2.57. The summed E-state index contributed by atoms with van der Waals surface area (Å²) in [6, 6.07) is 4.94. The molecule has 1 N–H and O–H groups in total. The summed E-state index contributed by atoms with van der Waals surface area (Å²) >= 11 is 0. The van der Waals surface area contributed by atoms with Gasteiger partial charge in [0, 0.05) is 47.6 Å². The van der Waals surface area contributed by atoms with Crippen molar-refractivity contribution in [2.24, 2.45) is 5.41 Å². The van der Waals surface area contributed by atoms with Crippen molar-refractivity contribution >= 4 is 11.7 Å². The lowest BCUT2D eigenvalue weighted by Gasteiger charge is -2.10. The molecule has 2 heterocycles. The third-order valence-electron chi connectivity index (χ3n) is 4.98. The van der Waals surface area contributed by atoms with E-state index in [1.165, 1.54) is 12.4 Å². The highest BCUT2D eigenvalue weighted by atomic mass is 19.3. The van der Waals surface area contributed by atoms with Crippen LogP contribution in [0.2, 0.25) is 0 Å². The zero-order valence-electron chi connectivity index (χ0n) is 16.4. The predicted octanol–water partition coefficient (Wildman–Crippen LogP) is 3.27. The Balaban J connectivity index is 1.57. The van der Waals surface area contributed by atoms with Gasteiger partial charge in [-0.15, -0.1) is 0 Å². The number of aromatic nitrogens is 2. The lowest BCUT2D eigenvalue weighted by atomic mass is 9.99. The van der Waals surface area contributed by atoms with Crippen LogP contribution in [0.1, 0.15) is 46.9 Å². The molecule has 1 fully saturated rings. The molecule has 2 aromatic heterocycles. The molecular weight excluding hydrogens is 380 g/mol. The first-order valence-electron chi connectivity index (χ1n) is 9.40. The summed E-state index contributed by atoms with van der Waals surface area (Å²) in [6.07, 6.45) is 2.47. The van der Waals surface area contributed by atoms with Gasteiger partial charge in [-0.25, -0.2) is 13.8 Å². The average molecular weight is 403 g/mol. The molecule has 0 bridgehead atoms. The van der Waals surface area contributed by atoms with Crippen molar-refractivity contribution in [2.45, 2.75) is 46.1 Å². The zero-order valence-corrected chi connectivity index (χ0v) is 16.4. The van der Waals surface area contributed by atoms with E-state index < -0.39 is 13.0 Å². The van der Waals surface area contributed by atoms with Crippen molar-refractivity contribution < 1.29 is 23.1 Å². The number of aryl methyl sites for hydroxylation is 1. The van der Waals surface area contributed by atoms with E-state index in [1.54, 1.807) is 25.1 Å². The third kappa shape index (κ3) is 5.56. The van der Waals surface area contributed by atoms with Gasteiger partial charge in [-0.1, -0.05) is 6.92 Å². The number of Topliss-reactive ketones (excluding diaryl/α,β-unsaturated/α-hetero) is 1. The number of pyridine rings is 2. The number of rotatable bonds is 9. The maximum atomic E-state index is 12.4. The van der Waals surface area contributed by atoms with Crippen molar-refractivity contribution in [2.75, 3.05) is 6.61 Å². The van der Waals surface area contributed by atoms with E-state index in [4.69, 9.17) is 4.74 Å². The second-order valence-corrected chi connectivity index (χ2v) is 7.55. The minimum Gasteiger partial charge on any atom is -0.471 e. The number of amides is 1. The van der Waals surface area contributed by atoms with Gasteiger partial charge in [-0.3, -0.25) is 14.6 Å². The Morgan fingerprint density at radius 2 is 2.03 bits per heavy atom. The van der Waals surface area contributed by atoms with Crippen molar-refractivity contribution in [3.8, 4) is 5.88 Å². The molecule has 8 heteroatoms. The second kappa shape index (κ2) is 8.63. The molecule has 0 radical (unpaired) electrons. The summed E-state index contributed by atoms with van der Waals surface area (Å²) in [5.74, 6) is 0.000786. The smallest absolute Gasteiger partial charge is 0.272 e. The van der Waals surface area contributed by atoms with Crippen molar-refractivity contribution in [3.05, 3.63) is 53.0 Å². The number of nitrogens with one attached hydrogen (secondary N) is 1. The molecule has 1 saturated carbocycles. The topological polar surface area (TPSA) is 81.2 Å². The van der Waals surface area contributed by atoms with Gasteiger partial charge in [0.05, 0.1) is 0 Å². The summed E-state index contributed by atoms with van der Waals surface area (Å²) in [5.41, 5.74) is 2.09. The summed E-state index contributed by atoms with van der Waals surface area (Å²) in [7, 11) is 0. The first-order valence-corrected chi connectivity index (χ1v) is 9.40. The number of nitrogens with zero attached hydrogens (tertiary/aromatic N) is 2. The molecule has 0 aromatic carbocycles. The number of carbonyl (C=O) groups excluding carboxylic acids is 2. The van der Waals surface area contributed by atoms with Crippen molar-refractivity contribution in [1.29, 1.82) is 0 Å². The van der Waals surface area contributed by atoms with Gasteiger partial charge < -0.3 is 10.1 Å². The fraction of sp³-hybridized carbons (Fsp3) is 0.429. The average Bonchev–Trinajstić information content (AvgIpc) is 3.44. The van der Waals surface area contributed by atoms with E-state index in [9.17, 15) is 18.4 Å². The van der Waals surface area contributed by atoms with Gasteiger partial charge >= 0.3 is 0 Å². The number of hydrogen-bond acceptors (Lipinski definition) is 5. The van der Waals surface area contributed by atoms with E-state index in [0.29, 0.717) is 22.4 Å². The molecule has 6 nitrogen and oxygen atoms in total. The molecule has 1 amide bonds. The Hall–Kier alpha value is -2.90. The Morgan fingerprint density at radius 1 is 1.28 bits per heavy atom. The van der Waals surface area contributed by atoms with Crippen LogP contribution >= 0.6 is 0 Å². The first kappa shape index (κ1) is 20.8. The molecule has 0 spiro atoms. The molecule has 2 aromatic rings. The molecule has 1 aliphatic carbocycles. The molecule has 0 saturated heterocycles. The highest BCUT2D eigenvalue weighted by Gasteiger charge is 2.44. The van der Waals surface area contributed by atoms with Gasteiger partial charge in [0.1, 0.15) is 5.78 Å².